The molecular weight excluding hydrogens is 294 g/mol. The van der Waals surface area contributed by atoms with E-state index in [0.29, 0.717) is 5.56 Å². The fourth-order valence-electron chi connectivity index (χ4n) is 2.34. The van der Waals surface area contributed by atoms with E-state index in [1.165, 1.54) is 0 Å². The predicted octanol–water partition coefficient (Wildman–Crippen LogP) is 2.79. The molecule has 0 radical (unpaired) electrons. The second-order valence-electron chi connectivity index (χ2n) is 4.92. The highest BCUT2D eigenvalue weighted by molar-refractivity contribution is 9.10. The minimum Gasteiger partial charge on any atom is -0.391 e. The third-order valence-corrected chi connectivity index (χ3v) is 4.10. The van der Waals surface area contributed by atoms with Gasteiger partial charge in [0.25, 0.3) is 5.91 Å². The Bertz CT molecular complexity index is 447. The second-order valence-corrected chi connectivity index (χ2v) is 5.77. The van der Waals surface area contributed by atoms with Crippen LogP contribution in [-0.4, -0.2) is 23.2 Å². The molecule has 1 aromatic rings. The molecule has 0 aliphatic heterocycles. The zero-order valence-corrected chi connectivity index (χ0v) is 12.0. The van der Waals surface area contributed by atoms with Gasteiger partial charge in [-0.05, 0) is 47.8 Å². The Morgan fingerprint density at radius 1 is 1.39 bits per heavy atom. The Labute approximate surface area is 116 Å². The molecule has 1 aromatic carbocycles. The van der Waals surface area contributed by atoms with Crippen molar-refractivity contribution in [2.24, 2.45) is 0 Å². The van der Waals surface area contributed by atoms with E-state index in [4.69, 9.17) is 0 Å². The van der Waals surface area contributed by atoms with Gasteiger partial charge < -0.3 is 10.4 Å². The van der Waals surface area contributed by atoms with Crippen molar-refractivity contribution in [3.05, 3.63) is 33.8 Å². The first-order valence-electron chi connectivity index (χ1n) is 6.33. The molecule has 18 heavy (non-hydrogen) atoms. The van der Waals surface area contributed by atoms with Crippen LogP contribution in [0.5, 0.6) is 0 Å². The molecule has 0 aromatic heterocycles. The van der Waals surface area contributed by atoms with Gasteiger partial charge in [0.2, 0.25) is 0 Å². The lowest BCUT2D eigenvalue weighted by atomic mass is 9.92. The third-order valence-electron chi connectivity index (χ3n) is 3.41. The molecule has 1 saturated carbocycles. The third kappa shape index (κ3) is 3.12. The molecule has 1 fully saturated rings. The van der Waals surface area contributed by atoms with Crippen LogP contribution in [-0.2, 0) is 0 Å². The van der Waals surface area contributed by atoms with E-state index < -0.39 is 6.10 Å². The fraction of sp³-hybridized carbons (Fsp3) is 0.500. The maximum atomic E-state index is 12.2. The first-order chi connectivity index (χ1) is 8.58. The Balaban J connectivity index is 2.09. The van der Waals surface area contributed by atoms with Crippen LogP contribution in [0.2, 0.25) is 0 Å². The normalized spacial score (nSPS) is 23.7. The smallest absolute Gasteiger partial charge is 0.252 e. The number of aliphatic hydroxyl groups excluding tert-OH is 1. The molecule has 1 amide bonds. The van der Waals surface area contributed by atoms with Crippen molar-refractivity contribution < 1.29 is 9.90 Å². The number of aryl methyl sites for hydroxylation is 1. The van der Waals surface area contributed by atoms with Crippen LogP contribution < -0.4 is 5.32 Å². The molecule has 0 spiro atoms. The van der Waals surface area contributed by atoms with Crippen LogP contribution in [0.15, 0.2) is 22.7 Å². The van der Waals surface area contributed by atoms with Crippen molar-refractivity contribution in [3.63, 3.8) is 0 Å². The second kappa shape index (κ2) is 5.85. The van der Waals surface area contributed by atoms with Gasteiger partial charge in [-0.1, -0.05) is 24.5 Å². The summed E-state index contributed by atoms with van der Waals surface area (Å²) in [5.74, 6) is -0.114. The Morgan fingerprint density at radius 3 is 2.83 bits per heavy atom. The molecule has 2 atom stereocenters. The number of carbonyl (C=O) groups is 1. The number of amides is 1. The quantitative estimate of drug-likeness (QED) is 0.882. The summed E-state index contributed by atoms with van der Waals surface area (Å²) < 4.78 is 0.788. The van der Waals surface area contributed by atoms with Crippen molar-refractivity contribution in [2.75, 3.05) is 0 Å². The van der Waals surface area contributed by atoms with E-state index in [1.54, 1.807) is 0 Å². The molecular formula is C14H18BrNO2. The van der Waals surface area contributed by atoms with Gasteiger partial charge in [0, 0.05) is 4.47 Å². The van der Waals surface area contributed by atoms with Crippen LogP contribution >= 0.6 is 15.9 Å². The van der Waals surface area contributed by atoms with Crippen LogP contribution in [0, 0.1) is 6.92 Å². The molecule has 98 valence electrons. The molecule has 4 heteroatoms. The summed E-state index contributed by atoms with van der Waals surface area (Å²) in [6.07, 6.45) is 3.33. The zero-order valence-electron chi connectivity index (χ0n) is 10.4. The van der Waals surface area contributed by atoms with Crippen molar-refractivity contribution in [1.82, 2.24) is 5.32 Å². The highest BCUT2D eigenvalue weighted by Crippen LogP contribution is 2.21. The van der Waals surface area contributed by atoms with Crippen molar-refractivity contribution in [2.45, 2.75) is 44.8 Å². The van der Waals surface area contributed by atoms with Gasteiger partial charge >= 0.3 is 0 Å². The number of benzene rings is 1. The van der Waals surface area contributed by atoms with Crippen molar-refractivity contribution in [1.29, 1.82) is 0 Å². The minimum absolute atomic E-state index is 0.112. The number of nitrogens with one attached hydrogen (secondary N) is 1. The van der Waals surface area contributed by atoms with Gasteiger partial charge in [-0.2, -0.15) is 0 Å². The number of halogens is 1. The van der Waals surface area contributed by atoms with Gasteiger partial charge in [-0.3, -0.25) is 4.79 Å². The predicted molar refractivity (Wildman–Crippen MR) is 74.6 cm³/mol. The first kappa shape index (κ1) is 13.6. The lowest BCUT2D eigenvalue weighted by Crippen LogP contribution is -2.45. The maximum Gasteiger partial charge on any atom is 0.252 e. The monoisotopic (exact) mass is 311 g/mol. The van der Waals surface area contributed by atoms with Gasteiger partial charge in [0.1, 0.15) is 0 Å². The molecule has 3 nitrogen and oxygen atoms in total. The summed E-state index contributed by atoms with van der Waals surface area (Å²) in [5.41, 5.74) is 1.68. The van der Waals surface area contributed by atoms with Crippen LogP contribution in [0.1, 0.15) is 41.6 Å². The molecule has 0 heterocycles. The van der Waals surface area contributed by atoms with E-state index in [9.17, 15) is 9.90 Å². The largest absolute Gasteiger partial charge is 0.391 e. The molecule has 1 aliphatic carbocycles. The highest BCUT2D eigenvalue weighted by Gasteiger charge is 2.25. The number of hydrogen-bond donors (Lipinski definition) is 2. The van der Waals surface area contributed by atoms with E-state index in [2.05, 4.69) is 21.2 Å². The number of aliphatic hydroxyl groups is 1. The van der Waals surface area contributed by atoms with Gasteiger partial charge in [-0.25, -0.2) is 0 Å². The summed E-state index contributed by atoms with van der Waals surface area (Å²) in [4.78, 5) is 12.2. The Hall–Kier alpha value is -0.870. The number of hydrogen-bond acceptors (Lipinski definition) is 2. The molecule has 2 N–H and O–H groups in total. The minimum atomic E-state index is -0.411. The van der Waals surface area contributed by atoms with Crippen molar-refractivity contribution >= 4 is 21.8 Å². The zero-order chi connectivity index (χ0) is 13.1. The first-order valence-corrected chi connectivity index (χ1v) is 7.12. The molecule has 0 bridgehead atoms. The maximum absolute atomic E-state index is 12.2. The van der Waals surface area contributed by atoms with E-state index in [0.717, 1.165) is 35.7 Å². The topological polar surface area (TPSA) is 49.3 Å². The van der Waals surface area contributed by atoms with Crippen molar-refractivity contribution in [3.8, 4) is 0 Å². The van der Waals surface area contributed by atoms with Crippen LogP contribution in [0.4, 0.5) is 0 Å². The summed E-state index contributed by atoms with van der Waals surface area (Å²) in [6, 6.07) is 5.57. The molecule has 1 aliphatic rings. The standard InChI is InChI=1S/C14H18BrNO2/c1-9-6-7-11(15)10(8-9)14(18)16-12-4-2-3-5-13(12)17/h6-8,12-13,17H,2-5H2,1H3,(H,16,18). The summed E-state index contributed by atoms with van der Waals surface area (Å²) in [7, 11) is 0. The average molecular weight is 312 g/mol. The fourth-order valence-corrected chi connectivity index (χ4v) is 2.77. The summed E-state index contributed by atoms with van der Waals surface area (Å²) >= 11 is 3.39. The average Bonchev–Trinajstić information content (AvgIpc) is 2.35. The molecule has 2 unspecified atom stereocenters. The lowest BCUT2D eigenvalue weighted by Gasteiger charge is -2.28. The summed E-state index contributed by atoms with van der Waals surface area (Å²) in [5, 5.41) is 12.8. The highest BCUT2D eigenvalue weighted by atomic mass is 79.9. The summed E-state index contributed by atoms with van der Waals surface area (Å²) in [6.45, 7) is 1.96. The Morgan fingerprint density at radius 2 is 2.11 bits per heavy atom. The number of rotatable bonds is 2. The van der Waals surface area contributed by atoms with Gasteiger partial charge in [-0.15, -0.1) is 0 Å². The Kier molecular flexibility index (Phi) is 4.40. The van der Waals surface area contributed by atoms with Gasteiger partial charge in [0.05, 0.1) is 17.7 Å². The molecule has 0 saturated heterocycles. The SMILES string of the molecule is Cc1ccc(Br)c(C(=O)NC2CCCCC2O)c1. The van der Waals surface area contributed by atoms with E-state index in [1.807, 2.05) is 25.1 Å². The van der Waals surface area contributed by atoms with E-state index in [-0.39, 0.29) is 11.9 Å². The lowest BCUT2D eigenvalue weighted by molar-refractivity contribution is 0.0716. The van der Waals surface area contributed by atoms with E-state index >= 15 is 0 Å². The number of carbonyl (C=O) groups excluding carboxylic acids is 1. The van der Waals surface area contributed by atoms with Crippen LogP contribution in [0.25, 0.3) is 0 Å². The van der Waals surface area contributed by atoms with Crippen LogP contribution in [0.3, 0.4) is 0 Å². The molecule has 2 rings (SSSR count). The van der Waals surface area contributed by atoms with Gasteiger partial charge in [0.15, 0.2) is 0 Å².